The first-order valence-electron chi connectivity index (χ1n) is 5.31. The number of hydrogen-bond donors (Lipinski definition) is 1. The van der Waals surface area contributed by atoms with Gasteiger partial charge in [0.1, 0.15) is 6.61 Å². The minimum absolute atomic E-state index is 0.191. The molecule has 0 radical (unpaired) electrons. The molecule has 1 N–H and O–H groups in total. The number of esters is 1. The Balaban J connectivity index is 2.06. The lowest BCUT2D eigenvalue weighted by atomic mass is 10.0. The number of cyclic esters (lactones) is 1. The molecule has 1 aliphatic heterocycles. The van der Waals surface area contributed by atoms with Crippen molar-refractivity contribution < 1.29 is 9.53 Å². The number of carbonyl (C=O) groups is 1. The fraction of sp³-hybridized carbons (Fsp3) is 0.417. The summed E-state index contributed by atoms with van der Waals surface area (Å²) in [7, 11) is 0. The largest absolute Gasteiger partial charge is 0.457 e. The minimum Gasteiger partial charge on any atom is -0.457 e. The quantitative estimate of drug-likeness (QED) is 0.598. The number of carbonyl (C=O) groups excluding carboxylic acids is 1. The van der Waals surface area contributed by atoms with Crippen LogP contribution in [0.25, 0.3) is 0 Å². The Morgan fingerprint density at radius 1 is 1.47 bits per heavy atom. The zero-order valence-electron chi connectivity index (χ0n) is 8.88. The summed E-state index contributed by atoms with van der Waals surface area (Å²) < 4.78 is 4.95. The molecule has 0 aliphatic carbocycles. The first-order valence-corrected chi connectivity index (χ1v) is 5.31. The molecule has 80 valence electrons. The molecule has 0 amide bonds. The van der Waals surface area contributed by atoms with Gasteiger partial charge in [0, 0.05) is 5.56 Å². The summed E-state index contributed by atoms with van der Waals surface area (Å²) in [4.78, 5) is 11.2. The summed E-state index contributed by atoms with van der Waals surface area (Å²) in [6.07, 6.45) is 0.995. The predicted molar refractivity (Wildman–Crippen MR) is 57.8 cm³/mol. The van der Waals surface area contributed by atoms with Gasteiger partial charge in [-0.1, -0.05) is 19.1 Å². The van der Waals surface area contributed by atoms with Crippen LogP contribution in [0, 0.1) is 0 Å². The van der Waals surface area contributed by atoms with E-state index in [0.29, 0.717) is 6.61 Å². The zero-order chi connectivity index (χ0) is 10.7. The van der Waals surface area contributed by atoms with Gasteiger partial charge >= 0.3 is 5.97 Å². The summed E-state index contributed by atoms with van der Waals surface area (Å²) in [6, 6.07) is 5.94. The Morgan fingerprint density at radius 2 is 2.33 bits per heavy atom. The van der Waals surface area contributed by atoms with Gasteiger partial charge in [-0.2, -0.15) is 0 Å². The van der Waals surface area contributed by atoms with E-state index in [1.54, 1.807) is 0 Å². The van der Waals surface area contributed by atoms with Gasteiger partial charge in [0.25, 0.3) is 0 Å². The third-order valence-corrected chi connectivity index (χ3v) is 2.59. The summed E-state index contributed by atoms with van der Waals surface area (Å²) in [5, 5.41) is 3.28. The van der Waals surface area contributed by atoms with Gasteiger partial charge < -0.3 is 10.1 Å². The minimum atomic E-state index is -0.191. The van der Waals surface area contributed by atoms with Crippen LogP contribution in [-0.2, 0) is 17.8 Å². The Bertz CT molecular complexity index is 374. The Labute approximate surface area is 89.4 Å². The van der Waals surface area contributed by atoms with Gasteiger partial charge in [0.05, 0.1) is 5.56 Å². The van der Waals surface area contributed by atoms with E-state index in [2.05, 4.69) is 18.3 Å². The molecule has 0 saturated carbocycles. The van der Waals surface area contributed by atoms with E-state index in [1.165, 1.54) is 5.56 Å². The van der Waals surface area contributed by atoms with E-state index >= 15 is 0 Å². The molecular formula is C12H15NO2. The highest BCUT2D eigenvalue weighted by atomic mass is 16.5. The molecule has 1 aliphatic rings. The van der Waals surface area contributed by atoms with E-state index in [4.69, 9.17) is 4.74 Å². The average Bonchev–Trinajstić information content (AvgIpc) is 2.61. The highest BCUT2D eigenvalue weighted by Gasteiger charge is 2.20. The maximum absolute atomic E-state index is 11.2. The molecule has 1 aromatic rings. The van der Waals surface area contributed by atoms with E-state index in [-0.39, 0.29) is 5.97 Å². The van der Waals surface area contributed by atoms with Crippen molar-refractivity contribution in [2.45, 2.75) is 20.0 Å². The van der Waals surface area contributed by atoms with E-state index < -0.39 is 0 Å². The maximum atomic E-state index is 11.2. The normalized spacial score (nSPS) is 13.8. The second kappa shape index (κ2) is 4.45. The first kappa shape index (κ1) is 10.2. The van der Waals surface area contributed by atoms with Crippen molar-refractivity contribution in [3.63, 3.8) is 0 Å². The lowest BCUT2D eigenvalue weighted by Crippen LogP contribution is -2.16. The number of fused-ring (bicyclic) bond motifs is 1. The molecule has 0 unspecified atom stereocenters. The van der Waals surface area contributed by atoms with Gasteiger partial charge in [-0.25, -0.2) is 4.79 Å². The Kier molecular flexibility index (Phi) is 3.02. The molecule has 1 aromatic carbocycles. The topological polar surface area (TPSA) is 38.3 Å². The summed E-state index contributed by atoms with van der Waals surface area (Å²) in [5.74, 6) is -0.191. The van der Waals surface area contributed by atoms with Crippen LogP contribution in [0.5, 0.6) is 0 Å². The van der Waals surface area contributed by atoms with Gasteiger partial charge in [-0.15, -0.1) is 0 Å². The van der Waals surface area contributed by atoms with Crippen molar-refractivity contribution in [1.82, 2.24) is 5.32 Å². The lowest BCUT2D eigenvalue weighted by Gasteiger charge is -2.03. The van der Waals surface area contributed by atoms with E-state index in [9.17, 15) is 4.79 Å². The average molecular weight is 205 g/mol. The smallest absolute Gasteiger partial charge is 0.338 e. The number of likely N-dealkylation sites (N-methyl/N-ethyl adjacent to an activating group) is 1. The summed E-state index contributed by atoms with van der Waals surface area (Å²) in [5.41, 5.74) is 3.00. The molecular weight excluding hydrogens is 190 g/mol. The number of ether oxygens (including phenoxy) is 1. The van der Waals surface area contributed by atoms with Crippen molar-refractivity contribution in [1.29, 1.82) is 0 Å². The molecule has 0 spiro atoms. The van der Waals surface area contributed by atoms with Crippen LogP contribution >= 0.6 is 0 Å². The molecule has 0 aromatic heterocycles. The van der Waals surface area contributed by atoms with E-state index in [1.807, 2.05) is 12.1 Å². The molecule has 0 atom stereocenters. The van der Waals surface area contributed by atoms with Crippen LogP contribution in [0.2, 0.25) is 0 Å². The van der Waals surface area contributed by atoms with Crippen LogP contribution < -0.4 is 5.32 Å². The van der Waals surface area contributed by atoms with Crippen LogP contribution in [-0.4, -0.2) is 19.1 Å². The zero-order valence-corrected chi connectivity index (χ0v) is 8.88. The van der Waals surface area contributed by atoms with Crippen molar-refractivity contribution in [2.75, 3.05) is 13.1 Å². The Morgan fingerprint density at radius 3 is 3.13 bits per heavy atom. The molecule has 3 heteroatoms. The second-order valence-corrected chi connectivity index (χ2v) is 3.67. The summed E-state index contributed by atoms with van der Waals surface area (Å²) in [6.45, 7) is 4.50. The monoisotopic (exact) mass is 205 g/mol. The number of nitrogens with one attached hydrogen (secondary N) is 1. The molecule has 3 nitrogen and oxygen atoms in total. The van der Waals surface area contributed by atoms with Crippen molar-refractivity contribution >= 4 is 5.97 Å². The maximum Gasteiger partial charge on any atom is 0.338 e. The molecule has 0 fully saturated rings. The number of hydrogen-bond acceptors (Lipinski definition) is 3. The first-order chi connectivity index (χ1) is 7.31. The number of rotatable bonds is 4. The van der Waals surface area contributed by atoms with Crippen molar-refractivity contribution in [3.05, 3.63) is 34.9 Å². The standard InChI is InChI=1S/C12H15NO2/c1-2-13-6-5-9-3-4-11-10(7-9)8-15-12(11)14/h3-4,7,13H,2,5-6,8H2,1H3. The van der Waals surface area contributed by atoms with Gasteiger partial charge in [-0.05, 0) is 31.1 Å². The molecule has 0 saturated heterocycles. The highest BCUT2D eigenvalue weighted by molar-refractivity contribution is 5.93. The van der Waals surface area contributed by atoms with Crippen LogP contribution in [0.3, 0.4) is 0 Å². The molecule has 2 rings (SSSR count). The highest BCUT2D eigenvalue weighted by Crippen LogP contribution is 2.20. The Hall–Kier alpha value is -1.35. The van der Waals surface area contributed by atoms with Crippen LogP contribution in [0.1, 0.15) is 28.4 Å². The van der Waals surface area contributed by atoms with Crippen LogP contribution in [0.4, 0.5) is 0 Å². The molecule has 1 heterocycles. The molecule has 0 bridgehead atoms. The lowest BCUT2D eigenvalue weighted by molar-refractivity contribution is 0.0535. The third-order valence-electron chi connectivity index (χ3n) is 2.59. The second-order valence-electron chi connectivity index (χ2n) is 3.67. The van der Waals surface area contributed by atoms with Gasteiger partial charge in [0.2, 0.25) is 0 Å². The van der Waals surface area contributed by atoms with Crippen LogP contribution in [0.15, 0.2) is 18.2 Å². The van der Waals surface area contributed by atoms with E-state index in [0.717, 1.165) is 30.6 Å². The molecule has 15 heavy (non-hydrogen) atoms. The van der Waals surface area contributed by atoms with Gasteiger partial charge in [0.15, 0.2) is 0 Å². The third kappa shape index (κ3) is 2.18. The number of benzene rings is 1. The summed E-state index contributed by atoms with van der Waals surface area (Å²) >= 11 is 0. The van der Waals surface area contributed by atoms with Crippen molar-refractivity contribution in [2.24, 2.45) is 0 Å². The fourth-order valence-corrected chi connectivity index (χ4v) is 1.75. The fourth-order valence-electron chi connectivity index (χ4n) is 1.75. The van der Waals surface area contributed by atoms with Gasteiger partial charge in [-0.3, -0.25) is 0 Å². The van der Waals surface area contributed by atoms with Crippen molar-refractivity contribution in [3.8, 4) is 0 Å². The predicted octanol–water partition coefficient (Wildman–Crippen LogP) is 1.51. The SMILES string of the molecule is CCNCCc1ccc2c(c1)COC2=O.